The first-order valence-electron chi connectivity index (χ1n) is 8.02. The van der Waals surface area contributed by atoms with E-state index in [0.717, 1.165) is 11.1 Å². The largest absolute Gasteiger partial charge is 0.496 e. The Morgan fingerprint density at radius 3 is 2.85 bits per heavy atom. The lowest BCUT2D eigenvalue weighted by Crippen LogP contribution is -2.31. The molecule has 0 saturated heterocycles. The number of aromatic nitrogens is 3. The van der Waals surface area contributed by atoms with Crippen molar-refractivity contribution in [3.8, 4) is 16.9 Å². The summed E-state index contributed by atoms with van der Waals surface area (Å²) in [6.07, 6.45) is 2.64. The van der Waals surface area contributed by atoms with Crippen LogP contribution in [0.2, 0.25) is 0 Å². The summed E-state index contributed by atoms with van der Waals surface area (Å²) in [5.74, 6) is 0.161. The van der Waals surface area contributed by atoms with Gasteiger partial charge >= 0.3 is 0 Å². The molecule has 2 heterocycles. The number of anilines is 1. The summed E-state index contributed by atoms with van der Waals surface area (Å²) in [5, 5.41) is 20.7. The van der Waals surface area contributed by atoms with Crippen molar-refractivity contribution >= 4 is 22.5 Å². The summed E-state index contributed by atoms with van der Waals surface area (Å²) in [7, 11) is 1.58. The minimum atomic E-state index is -0.668. The molecule has 1 amide bonds. The van der Waals surface area contributed by atoms with Crippen LogP contribution in [0.1, 0.15) is 17.4 Å². The number of amides is 1. The summed E-state index contributed by atoms with van der Waals surface area (Å²) >= 11 is 0. The number of hydrogen-bond acceptors (Lipinski definition) is 7. The van der Waals surface area contributed by atoms with E-state index in [0.29, 0.717) is 16.7 Å². The van der Waals surface area contributed by atoms with E-state index >= 15 is 0 Å². The normalized spacial score (nSPS) is 12.0. The maximum atomic E-state index is 12.2. The van der Waals surface area contributed by atoms with Crippen molar-refractivity contribution in [2.45, 2.75) is 13.0 Å². The number of hydrogen-bond donors (Lipinski definition) is 3. The Balaban J connectivity index is 2.10. The number of aliphatic hydroxyl groups is 1. The Labute approximate surface area is 150 Å². The van der Waals surface area contributed by atoms with Gasteiger partial charge in [-0.3, -0.25) is 9.78 Å². The number of nitrogens with two attached hydrogens (primary N) is 1. The first-order chi connectivity index (χ1) is 12.5. The van der Waals surface area contributed by atoms with Gasteiger partial charge in [0.25, 0.3) is 5.91 Å². The highest BCUT2D eigenvalue weighted by molar-refractivity contribution is 6.07. The number of fused-ring (bicyclic) bond motifs is 1. The van der Waals surface area contributed by atoms with Gasteiger partial charge in [-0.05, 0) is 13.0 Å². The number of nitrogens with zero attached hydrogens (tertiary/aromatic N) is 3. The topological polar surface area (TPSA) is 123 Å². The van der Waals surface area contributed by atoms with Gasteiger partial charge in [0.2, 0.25) is 0 Å². The highest BCUT2D eigenvalue weighted by atomic mass is 16.5. The second-order valence-corrected chi connectivity index (χ2v) is 5.80. The Kier molecular flexibility index (Phi) is 4.94. The first-order valence-corrected chi connectivity index (χ1v) is 8.02. The van der Waals surface area contributed by atoms with Gasteiger partial charge in [-0.1, -0.05) is 18.2 Å². The lowest BCUT2D eigenvalue weighted by Gasteiger charge is -2.12. The van der Waals surface area contributed by atoms with E-state index in [1.165, 1.54) is 0 Å². The van der Waals surface area contributed by atoms with Crippen LogP contribution in [0, 0.1) is 0 Å². The molecule has 0 bridgehead atoms. The van der Waals surface area contributed by atoms with Crippen LogP contribution in [-0.4, -0.2) is 46.0 Å². The molecule has 8 nitrogen and oxygen atoms in total. The molecular weight excluding hydrogens is 334 g/mol. The van der Waals surface area contributed by atoms with Crippen LogP contribution >= 0.6 is 0 Å². The van der Waals surface area contributed by atoms with Gasteiger partial charge in [0.05, 0.1) is 18.9 Å². The van der Waals surface area contributed by atoms with E-state index < -0.39 is 12.0 Å². The molecule has 26 heavy (non-hydrogen) atoms. The van der Waals surface area contributed by atoms with Crippen LogP contribution in [-0.2, 0) is 0 Å². The summed E-state index contributed by atoms with van der Waals surface area (Å²) < 4.78 is 5.39. The number of nitrogen functional groups attached to an aromatic ring is 1. The van der Waals surface area contributed by atoms with Crippen molar-refractivity contribution in [2.24, 2.45) is 0 Å². The summed E-state index contributed by atoms with van der Waals surface area (Å²) in [6, 6.07) is 7.21. The minimum Gasteiger partial charge on any atom is -0.496 e. The van der Waals surface area contributed by atoms with Crippen molar-refractivity contribution in [3.05, 3.63) is 42.4 Å². The summed E-state index contributed by atoms with van der Waals surface area (Å²) in [5.41, 5.74) is 8.47. The van der Waals surface area contributed by atoms with E-state index in [9.17, 15) is 9.90 Å². The molecule has 3 aromatic rings. The number of nitrogens with one attached hydrogen (secondary N) is 1. The fourth-order valence-corrected chi connectivity index (χ4v) is 2.62. The summed E-state index contributed by atoms with van der Waals surface area (Å²) in [4.78, 5) is 16.4. The van der Waals surface area contributed by atoms with Crippen LogP contribution in [0.25, 0.3) is 22.0 Å². The van der Waals surface area contributed by atoms with Crippen LogP contribution in [0.5, 0.6) is 5.75 Å². The molecule has 0 radical (unpaired) electrons. The van der Waals surface area contributed by atoms with Crippen molar-refractivity contribution in [3.63, 3.8) is 0 Å². The highest BCUT2D eigenvalue weighted by Gasteiger charge is 2.18. The van der Waals surface area contributed by atoms with Gasteiger partial charge in [-0.15, -0.1) is 10.2 Å². The van der Waals surface area contributed by atoms with Gasteiger partial charge in [-0.2, -0.15) is 0 Å². The maximum Gasteiger partial charge on any atom is 0.274 e. The number of methoxy groups -OCH3 is 1. The lowest BCUT2D eigenvalue weighted by molar-refractivity contribution is 0.0919. The van der Waals surface area contributed by atoms with Crippen LogP contribution in [0.4, 0.5) is 5.69 Å². The third kappa shape index (κ3) is 3.27. The standard InChI is InChI=1S/C18H19N5O3/c1-10(24)8-21-18(25)17-15(19)12-5-3-4-11(16(12)22-23-17)13-9-20-7-6-14(13)26-2/h3-7,9-10,24H,8H2,1-2H3,(H2,19,22)(H,21,25). The quantitative estimate of drug-likeness (QED) is 0.633. The molecule has 0 saturated carbocycles. The fourth-order valence-electron chi connectivity index (χ4n) is 2.62. The molecule has 0 aliphatic carbocycles. The zero-order valence-electron chi connectivity index (χ0n) is 14.4. The molecule has 3 rings (SSSR count). The predicted octanol–water partition coefficient (Wildman–Crippen LogP) is 1.39. The van der Waals surface area contributed by atoms with E-state index in [1.54, 1.807) is 38.6 Å². The van der Waals surface area contributed by atoms with E-state index in [2.05, 4.69) is 20.5 Å². The first kappa shape index (κ1) is 17.6. The molecule has 1 unspecified atom stereocenters. The van der Waals surface area contributed by atoms with E-state index in [4.69, 9.17) is 10.5 Å². The van der Waals surface area contributed by atoms with Crippen molar-refractivity contribution < 1.29 is 14.6 Å². The predicted molar refractivity (Wildman–Crippen MR) is 97.7 cm³/mol. The zero-order chi connectivity index (χ0) is 18.7. The SMILES string of the molecule is COc1ccncc1-c1cccc2c(N)c(C(=O)NCC(C)O)nnc12. The maximum absolute atomic E-state index is 12.2. The van der Waals surface area contributed by atoms with E-state index in [1.807, 2.05) is 12.1 Å². The van der Waals surface area contributed by atoms with Gasteiger partial charge < -0.3 is 20.9 Å². The average Bonchev–Trinajstić information content (AvgIpc) is 2.66. The molecule has 0 aliphatic heterocycles. The number of pyridine rings is 1. The number of aliphatic hydroxyl groups excluding tert-OH is 1. The third-order valence-corrected chi connectivity index (χ3v) is 3.90. The van der Waals surface area contributed by atoms with Crippen molar-refractivity contribution in [1.29, 1.82) is 0 Å². The Morgan fingerprint density at radius 2 is 2.12 bits per heavy atom. The van der Waals surface area contributed by atoms with E-state index in [-0.39, 0.29) is 17.9 Å². The number of benzene rings is 1. The average molecular weight is 353 g/mol. The van der Waals surface area contributed by atoms with Crippen LogP contribution in [0.3, 0.4) is 0 Å². The molecule has 8 heteroatoms. The Hall–Kier alpha value is -3.26. The fraction of sp³-hybridized carbons (Fsp3) is 0.222. The molecule has 0 spiro atoms. The van der Waals surface area contributed by atoms with Crippen LogP contribution < -0.4 is 15.8 Å². The molecule has 134 valence electrons. The molecule has 2 aromatic heterocycles. The second-order valence-electron chi connectivity index (χ2n) is 5.80. The molecule has 1 atom stereocenters. The molecular formula is C18H19N5O3. The van der Waals surface area contributed by atoms with Crippen molar-refractivity contribution in [1.82, 2.24) is 20.5 Å². The smallest absolute Gasteiger partial charge is 0.274 e. The highest BCUT2D eigenvalue weighted by Crippen LogP contribution is 2.35. The lowest BCUT2D eigenvalue weighted by atomic mass is 10.0. The minimum absolute atomic E-state index is 0.0217. The molecule has 1 aromatic carbocycles. The number of carbonyl (C=O) groups excluding carboxylic acids is 1. The molecule has 0 aliphatic rings. The van der Waals surface area contributed by atoms with Crippen molar-refractivity contribution in [2.75, 3.05) is 19.4 Å². The molecule has 4 N–H and O–H groups in total. The molecule has 0 fully saturated rings. The van der Waals surface area contributed by atoms with Gasteiger partial charge in [0.1, 0.15) is 11.3 Å². The number of carbonyl (C=O) groups is 1. The zero-order valence-corrected chi connectivity index (χ0v) is 14.4. The van der Waals surface area contributed by atoms with Gasteiger partial charge in [0.15, 0.2) is 5.69 Å². The third-order valence-electron chi connectivity index (χ3n) is 3.90. The number of rotatable bonds is 5. The Morgan fingerprint density at radius 1 is 1.31 bits per heavy atom. The van der Waals surface area contributed by atoms with Gasteiger partial charge in [0, 0.05) is 35.5 Å². The Bertz CT molecular complexity index is 959. The summed E-state index contributed by atoms with van der Waals surface area (Å²) in [6.45, 7) is 1.67. The number of ether oxygens (including phenoxy) is 1. The second kappa shape index (κ2) is 7.32. The monoisotopic (exact) mass is 353 g/mol. The van der Waals surface area contributed by atoms with Crippen LogP contribution in [0.15, 0.2) is 36.7 Å². The van der Waals surface area contributed by atoms with Gasteiger partial charge in [-0.25, -0.2) is 0 Å².